The normalized spacial score (nSPS) is 11.8. The summed E-state index contributed by atoms with van der Waals surface area (Å²) in [5, 5.41) is 11.5. The third-order valence-electron chi connectivity index (χ3n) is 4.41. The van der Waals surface area contributed by atoms with Gasteiger partial charge in [-0.05, 0) is 17.5 Å². The SMILES string of the molecule is CCC[N+](C)(C)CCC(O)(c1ccccc1)c1ccccc1.[Br-]. The van der Waals surface area contributed by atoms with Crippen LogP contribution in [0.1, 0.15) is 30.9 Å². The predicted octanol–water partition coefficient (Wildman–Crippen LogP) is 0.803. The molecule has 2 nitrogen and oxygen atoms in total. The van der Waals surface area contributed by atoms with E-state index in [1.54, 1.807) is 0 Å². The van der Waals surface area contributed by atoms with Crippen molar-refractivity contribution in [3.63, 3.8) is 0 Å². The van der Waals surface area contributed by atoms with Crippen molar-refractivity contribution in [2.45, 2.75) is 25.4 Å². The monoisotopic (exact) mass is 377 g/mol. The van der Waals surface area contributed by atoms with Crippen molar-refractivity contribution in [1.82, 2.24) is 0 Å². The van der Waals surface area contributed by atoms with Crippen LogP contribution in [0.4, 0.5) is 0 Å². The van der Waals surface area contributed by atoms with E-state index in [4.69, 9.17) is 0 Å². The van der Waals surface area contributed by atoms with Crippen LogP contribution in [-0.2, 0) is 5.60 Å². The summed E-state index contributed by atoms with van der Waals surface area (Å²) >= 11 is 0. The first kappa shape index (κ1) is 19.9. The molecule has 0 amide bonds. The number of nitrogens with zero attached hydrogens (tertiary/aromatic N) is 1. The lowest BCUT2D eigenvalue weighted by Crippen LogP contribution is -3.00. The summed E-state index contributed by atoms with van der Waals surface area (Å²) in [7, 11) is 4.47. The van der Waals surface area contributed by atoms with Crippen molar-refractivity contribution < 1.29 is 26.6 Å². The van der Waals surface area contributed by atoms with Gasteiger partial charge in [0.05, 0.1) is 27.2 Å². The van der Waals surface area contributed by atoms with Crippen LogP contribution in [0.15, 0.2) is 60.7 Å². The van der Waals surface area contributed by atoms with E-state index in [0.717, 1.165) is 35.1 Å². The maximum atomic E-state index is 11.5. The van der Waals surface area contributed by atoms with Crippen molar-refractivity contribution in [1.29, 1.82) is 0 Å². The van der Waals surface area contributed by atoms with Crippen LogP contribution in [0.3, 0.4) is 0 Å². The Kier molecular flexibility index (Phi) is 7.46. The summed E-state index contributed by atoms with van der Waals surface area (Å²) in [5.74, 6) is 0. The van der Waals surface area contributed by atoms with Crippen LogP contribution < -0.4 is 17.0 Å². The number of rotatable bonds is 7. The van der Waals surface area contributed by atoms with Gasteiger partial charge in [-0.3, -0.25) is 0 Å². The van der Waals surface area contributed by atoms with Gasteiger partial charge in [0.1, 0.15) is 5.60 Å². The number of halogens is 1. The van der Waals surface area contributed by atoms with Crippen molar-refractivity contribution in [3.05, 3.63) is 71.8 Å². The first-order valence-corrected chi connectivity index (χ1v) is 8.13. The quantitative estimate of drug-likeness (QED) is 0.707. The second-order valence-corrected chi connectivity index (χ2v) is 6.73. The Morgan fingerprint density at radius 2 is 1.26 bits per heavy atom. The van der Waals surface area contributed by atoms with Crippen LogP contribution in [0.5, 0.6) is 0 Å². The average Bonchev–Trinajstić information content (AvgIpc) is 2.54. The minimum atomic E-state index is -0.925. The highest BCUT2D eigenvalue weighted by Gasteiger charge is 2.33. The van der Waals surface area contributed by atoms with E-state index < -0.39 is 5.60 Å². The number of quaternary nitrogens is 1. The number of aliphatic hydroxyl groups is 1. The first-order chi connectivity index (χ1) is 10.5. The molecule has 0 aliphatic heterocycles. The van der Waals surface area contributed by atoms with Crippen LogP contribution >= 0.6 is 0 Å². The van der Waals surface area contributed by atoms with Gasteiger partial charge in [0.15, 0.2) is 0 Å². The average molecular weight is 378 g/mol. The van der Waals surface area contributed by atoms with Crippen molar-refractivity contribution in [3.8, 4) is 0 Å². The van der Waals surface area contributed by atoms with Crippen LogP contribution in [0.2, 0.25) is 0 Å². The molecule has 2 aromatic carbocycles. The van der Waals surface area contributed by atoms with Gasteiger partial charge in [-0.1, -0.05) is 67.6 Å². The van der Waals surface area contributed by atoms with Gasteiger partial charge in [0.25, 0.3) is 0 Å². The molecule has 2 aromatic rings. The smallest absolute Gasteiger partial charge is 0.120 e. The molecule has 0 aliphatic rings. The lowest BCUT2D eigenvalue weighted by molar-refractivity contribution is -0.891. The molecular formula is C20H28BrNO. The summed E-state index contributed by atoms with van der Waals surface area (Å²) < 4.78 is 0.929. The number of benzene rings is 2. The molecule has 0 radical (unpaired) electrons. The fourth-order valence-electron chi connectivity index (χ4n) is 3.06. The first-order valence-electron chi connectivity index (χ1n) is 8.13. The highest BCUT2D eigenvalue weighted by molar-refractivity contribution is 5.35. The van der Waals surface area contributed by atoms with E-state index in [9.17, 15) is 5.11 Å². The Morgan fingerprint density at radius 3 is 1.65 bits per heavy atom. The summed E-state index contributed by atoms with van der Waals surface area (Å²) in [6.45, 7) is 4.27. The minimum absolute atomic E-state index is 0. The number of hydrogen-bond donors (Lipinski definition) is 1. The van der Waals surface area contributed by atoms with E-state index >= 15 is 0 Å². The van der Waals surface area contributed by atoms with Gasteiger partial charge >= 0.3 is 0 Å². The Labute approximate surface area is 151 Å². The lowest BCUT2D eigenvalue weighted by atomic mass is 9.83. The second-order valence-electron chi connectivity index (χ2n) is 6.73. The molecular weight excluding hydrogens is 350 g/mol. The largest absolute Gasteiger partial charge is 1.00 e. The maximum Gasteiger partial charge on any atom is 0.120 e. The molecule has 0 spiro atoms. The molecule has 0 bridgehead atoms. The van der Waals surface area contributed by atoms with Crippen molar-refractivity contribution in [2.24, 2.45) is 0 Å². The summed E-state index contributed by atoms with van der Waals surface area (Å²) in [4.78, 5) is 0. The fourth-order valence-corrected chi connectivity index (χ4v) is 3.06. The topological polar surface area (TPSA) is 20.2 Å². The summed E-state index contributed by atoms with van der Waals surface area (Å²) in [6, 6.07) is 20.0. The molecule has 0 atom stereocenters. The van der Waals surface area contributed by atoms with Gasteiger partial charge in [0.2, 0.25) is 0 Å². The van der Waals surface area contributed by atoms with Crippen LogP contribution in [-0.4, -0.2) is 36.8 Å². The molecule has 0 saturated heterocycles. The molecule has 0 fully saturated rings. The van der Waals surface area contributed by atoms with E-state index in [1.807, 2.05) is 60.7 Å². The fraction of sp³-hybridized carbons (Fsp3) is 0.400. The predicted molar refractivity (Wildman–Crippen MR) is 92.6 cm³/mol. The van der Waals surface area contributed by atoms with Crippen molar-refractivity contribution in [2.75, 3.05) is 27.2 Å². The maximum absolute atomic E-state index is 11.5. The van der Waals surface area contributed by atoms with Crippen LogP contribution in [0, 0.1) is 0 Å². The molecule has 1 N–H and O–H groups in total. The Hall–Kier alpha value is -1.16. The molecule has 0 heterocycles. The molecule has 0 unspecified atom stereocenters. The highest BCUT2D eigenvalue weighted by atomic mass is 79.9. The highest BCUT2D eigenvalue weighted by Crippen LogP contribution is 2.33. The zero-order valence-electron chi connectivity index (χ0n) is 14.4. The van der Waals surface area contributed by atoms with E-state index in [2.05, 4.69) is 21.0 Å². The molecule has 0 aliphatic carbocycles. The minimum Gasteiger partial charge on any atom is -1.00 e. The Bertz CT molecular complexity index is 529. The lowest BCUT2D eigenvalue weighted by Gasteiger charge is -2.35. The molecule has 0 aromatic heterocycles. The molecule has 126 valence electrons. The molecule has 0 saturated carbocycles. The van der Waals surface area contributed by atoms with Crippen LogP contribution in [0.25, 0.3) is 0 Å². The van der Waals surface area contributed by atoms with Gasteiger partial charge in [-0.2, -0.15) is 0 Å². The van der Waals surface area contributed by atoms with E-state index in [-0.39, 0.29) is 17.0 Å². The summed E-state index contributed by atoms with van der Waals surface area (Å²) in [5.41, 5.74) is 1.02. The third-order valence-corrected chi connectivity index (χ3v) is 4.41. The zero-order valence-corrected chi connectivity index (χ0v) is 16.0. The Balaban J connectivity index is 0.00000264. The molecule has 2 rings (SSSR count). The van der Waals surface area contributed by atoms with Gasteiger partial charge in [-0.15, -0.1) is 0 Å². The van der Waals surface area contributed by atoms with Gasteiger partial charge in [-0.25, -0.2) is 0 Å². The summed E-state index contributed by atoms with van der Waals surface area (Å²) in [6.07, 6.45) is 1.87. The molecule has 3 heteroatoms. The van der Waals surface area contributed by atoms with Gasteiger partial charge in [0, 0.05) is 6.42 Å². The van der Waals surface area contributed by atoms with E-state index in [0.29, 0.717) is 6.42 Å². The van der Waals surface area contributed by atoms with E-state index in [1.165, 1.54) is 0 Å². The molecule has 23 heavy (non-hydrogen) atoms. The zero-order chi connectivity index (χ0) is 16.1. The third kappa shape index (κ3) is 5.17. The standard InChI is InChI=1S/C20H28NO.BrH/c1-4-16-21(2,3)17-15-20(22,18-11-7-5-8-12-18)19-13-9-6-10-14-19;/h5-14,22H,4,15-17H2,1-3H3;1H/q+1;/p-1. The van der Waals surface area contributed by atoms with Crippen molar-refractivity contribution >= 4 is 0 Å². The Morgan fingerprint density at radius 1 is 0.826 bits per heavy atom. The second kappa shape index (κ2) is 8.62. The van der Waals surface area contributed by atoms with Gasteiger partial charge < -0.3 is 26.6 Å². The number of hydrogen-bond acceptors (Lipinski definition) is 1.